The van der Waals surface area contributed by atoms with Gasteiger partial charge < -0.3 is 19.0 Å². The van der Waals surface area contributed by atoms with Crippen LogP contribution >= 0.6 is 0 Å². The number of benzene rings is 2. The molecule has 3 atom stereocenters. The third-order valence-electron chi connectivity index (χ3n) is 6.58. The van der Waals surface area contributed by atoms with Crippen molar-refractivity contribution in [3.8, 4) is 0 Å². The van der Waals surface area contributed by atoms with Crippen molar-refractivity contribution in [1.82, 2.24) is 0 Å². The van der Waals surface area contributed by atoms with Crippen molar-refractivity contribution in [3.05, 3.63) is 60.7 Å². The van der Waals surface area contributed by atoms with Gasteiger partial charge in [-0.2, -0.15) is 0 Å². The van der Waals surface area contributed by atoms with E-state index in [-0.39, 0.29) is 23.4 Å². The predicted octanol–water partition coefficient (Wildman–Crippen LogP) is 4.68. The molecule has 0 radical (unpaired) electrons. The highest BCUT2D eigenvalue weighted by molar-refractivity contribution is 6.99. The molecule has 0 unspecified atom stereocenters. The summed E-state index contributed by atoms with van der Waals surface area (Å²) in [6, 6.07) is 21.4. The van der Waals surface area contributed by atoms with E-state index < -0.39 is 8.32 Å². The molecule has 0 bridgehead atoms. The largest absolute Gasteiger partial charge is 0.405 e. The van der Waals surface area contributed by atoms with E-state index in [2.05, 4.69) is 88.4 Å². The van der Waals surface area contributed by atoms with Crippen LogP contribution in [0.1, 0.15) is 59.8 Å². The molecule has 1 saturated carbocycles. The summed E-state index contributed by atoms with van der Waals surface area (Å²) in [6.07, 6.45) is 4.31. The van der Waals surface area contributed by atoms with Gasteiger partial charge in [-0.25, -0.2) is 0 Å². The minimum atomic E-state index is -2.61. The lowest BCUT2D eigenvalue weighted by molar-refractivity contribution is -0.0800. The molecule has 3 rings (SSSR count). The lowest BCUT2D eigenvalue weighted by atomic mass is 9.95. The van der Waals surface area contributed by atoms with E-state index >= 15 is 0 Å². The van der Waals surface area contributed by atoms with Crippen LogP contribution in [-0.2, 0) is 13.9 Å². The Hall–Kier alpha value is -1.50. The quantitative estimate of drug-likeness (QED) is 0.485. The fraction of sp³-hybridized carbons (Fsp3) is 0.571. The zero-order valence-corrected chi connectivity index (χ0v) is 21.8. The average molecular weight is 471 g/mol. The maximum atomic E-state index is 10.0. The Labute approximate surface area is 201 Å². The van der Waals surface area contributed by atoms with Crippen LogP contribution < -0.4 is 10.4 Å². The highest BCUT2D eigenvalue weighted by Crippen LogP contribution is 2.37. The SMILES string of the molecule is CCCO[C@H](CO[C@H]1CCC[C@@H](O)C1)CO[Si](c1ccccc1)(c1ccccc1)C(C)(C)C. The van der Waals surface area contributed by atoms with Crippen molar-refractivity contribution < 1.29 is 19.0 Å². The number of hydrogen-bond donors (Lipinski definition) is 1. The van der Waals surface area contributed by atoms with Crippen LogP contribution in [0, 0.1) is 0 Å². The Balaban J connectivity index is 1.84. The summed E-state index contributed by atoms with van der Waals surface area (Å²) in [7, 11) is -2.61. The molecule has 1 N–H and O–H groups in total. The van der Waals surface area contributed by atoms with Crippen LogP contribution in [0.3, 0.4) is 0 Å². The van der Waals surface area contributed by atoms with E-state index in [9.17, 15) is 5.11 Å². The van der Waals surface area contributed by atoms with Crippen LogP contribution in [-0.4, -0.2) is 51.6 Å². The highest BCUT2D eigenvalue weighted by Gasteiger charge is 2.50. The van der Waals surface area contributed by atoms with E-state index in [0.717, 1.165) is 32.1 Å². The summed E-state index contributed by atoms with van der Waals surface area (Å²) < 4.78 is 19.5. The van der Waals surface area contributed by atoms with Gasteiger partial charge in [-0.05, 0) is 47.5 Å². The van der Waals surface area contributed by atoms with Gasteiger partial charge in [0.25, 0.3) is 8.32 Å². The van der Waals surface area contributed by atoms with Gasteiger partial charge in [0.05, 0.1) is 25.4 Å². The summed E-state index contributed by atoms with van der Waals surface area (Å²) in [4.78, 5) is 0. The van der Waals surface area contributed by atoms with Crippen molar-refractivity contribution >= 4 is 18.7 Å². The van der Waals surface area contributed by atoms with Crippen molar-refractivity contribution in [2.24, 2.45) is 0 Å². The Morgan fingerprint density at radius 2 is 1.55 bits per heavy atom. The summed E-state index contributed by atoms with van der Waals surface area (Å²) in [5, 5.41) is 12.5. The molecule has 2 aromatic rings. The first-order valence-corrected chi connectivity index (χ1v) is 14.4. The van der Waals surface area contributed by atoms with E-state index in [1.165, 1.54) is 10.4 Å². The molecule has 4 nitrogen and oxygen atoms in total. The van der Waals surface area contributed by atoms with Crippen molar-refractivity contribution in [1.29, 1.82) is 0 Å². The summed E-state index contributed by atoms with van der Waals surface area (Å²) in [5.74, 6) is 0. The molecule has 0 aliphatic heterocycles. The van der Waals surface area contributed by atoms with E-state index in [1.54, 1.807) is 0 Å². The molecule has 0 aromatic heterocycles. The summed E-state index contributed by atoms with van der Waals surface area (Å²) in [5.41, 5.74) is 0. The molecule has 0 saturated heterocycles. The first-order chi connectivity index (χ1) is 15.9. The van der Waals surface area contributed by atoms with Crippen LogP contribution in [0.4, 0.5) is 0 Å². The van der Waals surface area contributed by atoms with Crippen LogP contribution in [0.5, 0.6) is 0 Å². The molecule has 2 aromatic carbocycles. The summed E-state index contributed by atoms with van der Waals surface area (Å²) in [6.45, 7) is 10.7. The molecular formula is C28H42O4Si. The first-order valence-electron chi connectivity index (χ1n) is 12.5. The lowest BCUT2D eigenvalue weighted by Crippen LogP contribution is -2.67. The molecule has 1 fully saturated rings. The molecule has 33 heavy (non-hydrogen) atoms. The molecule has 1 aliphatic carbocycles. The fourth-order valence-electron chi connectivity index (χ4n) is 4.92. The van der Waals surface area contributed by atoms with Crippen LogP contribution in [0.25, 0.3) is 0 Å². The van der Waals surface area contributed by atoms with Gasteiger partial charge in [0, 0.05) is 6.61 Å². The molecular weight excluding hydrogens is 428 g/mol. The molecule has 5 heteroatoms. The Bertz CT molecular complexity index is 766. The maximum absolute atomic E-state index is 10.0. The fourth-order valence-corrected chi connectivity index (χ4v) is 9.51. The second-order valence-electron chi connectivity index (χ2n) is 10.2. The minimum Gasteiger partial charge on any atom is -0.405 e. The minimum absolute atomic E-state index is 0.0701. The standard InChI is InChI=1S/C28H42O4Si/c1-5-19-30-25(21-31-24-14-12-13-23(29)20-24)22-32-33(28(2,3)4,26-15-8-6-9-16-26)27-17-10-7-11-18-27/h6-11,15-18,23-25,29H,5,12-14,19-22H2,1-4H3/t23-,24+,25-/m1/s1. The van der Waals surface area contributed by atoms with Crippen molar-refractivity contribution in [2.45, 2.75) is 83.1 Å². The molecule has 0 spiro atoms. The topological polar surface area (TPSA) is 47.9 Å². The number of ether oxygens (including phenoxy) is 2. The summed E-state index contributed by atoms with van der Waals surface area (Å²) >= 11 is 0. The normalized spacial score (nSPS) is 20.5. The smallest absolute Gasteiger partial charge is 0.261 e. The third kappa shape index (κ3) is 6.77. The van der Waals surface area contributed by atoms with Gasteiger partial charge in [-0.3, -0.25) is 0 Å². The average Bonchev–Trinajstić information content (AvgIpc) is 2.81. The molecule has 0 heterocycles. The number of hydrogen-bond acceptors (Lipinski definition) is 4. The number of aliphatic hydroxyl groups excluding tert-OH is 1. The van der Waals surface area contributed by atoms with Gasteiger partial charge in [0.15, 0.2) is 0 Å². The molecule has 1 aliphatic rings. The van der Waals surface area contributed by atoms with E-state index in [0.29, 0.717) is 19.8 Å². The Morgan fingerprint density at radius 3 is 2.06 bits per heavy atom. The Kier molecular flexibility index (Phi) is 9.71. The third-order valence-corrected chi connectivity index (χ3v) is 11.6. The maximum Gasteiger partial charge on any atom is 0.261 e. The van der Waals surface area contributed by atoms with Crippen molar-refractivity contribution in [2.75, 3.05) is 19.8 Å². The second-order valence-corrected chi connectivity index (χ2v) is 14.5. The number of aliphatic hydroxyl groups is 1. The Morgan fingerprint density at radius 1 is 0.939 bits per heavy atom. The lowest BCUT2D eigenvalue weighted by Gasteiger charge is -2.43. The van der Waals surface area contributed by atoms with Gasteiger partial charge in [-0.1, -0.05) is 88.4 Å². The number of rotatable bonds is 11. The monoisotopic (exact) mass is 470 g/mol. The van der Waals surface area contributed by atoms with Crippen LogP contribution in [0.2, 0.25) is 5.04 Å². The van der Waals surface area contributed by atoms with Gasteiger partial charge in [0.2, 0.25) is 0 Å². The first kappa shape index (κ1) is 26.1. The van der Waals surface area contributed by atoms with Crippen molar-refractivity contribution in [3.63, 3.8) is 0 Å². The predicted molar refractivity (Wildman–Crippen MR) is 138 cm³/mol. The molecule has 0 amide bonds. The van der Waals surface area contributed by atoms with Gasteiger partial charge in [0.1, 0.15) is 6.10 Å². The van der Waals surface area contributed by atoms with Gasteiger partial charge in [-0.15, -0.1) is 0 Å². The zero-order valence-electron chi connectivity index (χ0n) is 20.8. The second kappa shape index (κ2) is 12.3. The van der Waals surface area contributed by atoms with E-state index in [4.69, 9.17) is 13.9 Å². The van der Waals surface area contributed by atoms with Gasteiger partial charge >= 0.3 is 0 Å². The van der Waals surface area contributed by atoms with E-state index in [1.807, 2.05) is 0 Å². The highest BCUT2D eigenvalue weighted by atomic mass is 28.4. The zero-order chi connectivity index (χ0) is 23.7. The molecule has 182 valence electrons. The van der Waals surface area contributed by atoms with Crippen LogP contribution in [0.15, 0.2) is 60.7 Å².